The molecule has 1 heterocycles. The zero-order valence-electron chi connectivity index (χ0n) is 7.18. The molecule has 0 saturated carbocycles. The molecule has 1 aromatic rings. The van der Waals surface area contributed by atoms with Crippen LogP contribution in [0.2, 0.25) is 0 Å². The molecule has 1 amide bonds. The maximum atomic E-state index is 10.6. The summed E-state index contributed by atoms with van der Waals surface area (Å²) >= 11 is 0. The lowest BCUT2D eigenvalue weighted by Crippen LogP contribution is -2.44. The van der Waals surface area contributed by atoms with E-state index in [2.05, 4.69) is 5.43 Å². The fourth-order valence-corrected chi connectivity index (χ4v) is 1.19. The van der Waals surface area contributed by atoms with Crippen molar-refractivity contribution in [1.82, 2.24) is 10.4 Å². The molecule has 4 nitrogen and oxygen atoms in total. The summed E-state index contributed by atoms with van der Waals surface area (Å²) in [6, 6.07) is 7.55. The number of hydrogen-bond donors (Lipinski definition) is 2. The maximum Gasteiger partial charge on any atom is 0.430 e. The van der Waals surface area contributed by atoms with Gasteiger partial charge >= 0.3 is 6.09 Å². The number of fused-ring (bicyclic) bond motifs is 1. The molecule has 0 fully saturated rings. The van der Waals surface area contributed by atoms with Gasteiger partial charge in [0.05, 0.1) is 0 Å². The molecular weight excluding hydrogens is 204 g/mol. The van der Waals surface area contributed by atoms with Gasteiger partial charge in [-0.05, 0) is 0 Å². The zero-order chi connectivity index (χ0) is 9.26. The number of nitrogens with one attached hydrogen (secondary N) is 1. The predicted molar refractivity (Wildman–Crippen MR) is 54.9 cm³/mol. The van der Waals surface area contributed by atoms with Gasteiger partial charge in [-0.2, -0.15) is 5.01 Å². The number of hydrazine groups is 1. The lowest BCUT2D eigenvalue weighted by Gasteiger charge is -2.16. The van der Waals surface area contributed by atoms with E-state index >= 15 is 0 Å². The van der Waals surface area contributed by atoms with Gasteiger partial charge in [0.1, 0.15) is 0 Å². The van der Waals surface area contributed by atoms with Crippen LogP contribution in [0.15, 0.2) is 24.3 Å². The second-order valence-corrected chi connectivity index (χ2v) is 2.68. The van der Waals surface area contributed by atoms with Crippen molar-refractivity contribution >= 4 is 30.9 Å². The lowest BCUT2D eigenvalue weighted by molar-refractivity contribution is 0.160. The molecule has 0 aromatic heterocycles. The predicted octanol–water partition coefficient (Wildman–Crippen LogP) is 0.0826. The van der Waals surface area contributed by atoms with E-state index in [1.807, 2.05) is 24.3 Å². The largest absolute Gasteiger partial charge is 0.463 e. The molecular formula is C9H9ClN2O2. The number of hydrogen-bond acceptors (Lipinski definition) is 2. The molecule has 0 unspecified atom stereocenters. The Morgan fingerprint density at radius 3 is 2.57 bits per heavy atom. The van der Waals surface area contributed by atoms with Crippen LogP contribution in [-0.4, -0.2) is 16.2 Å². The fraction of sp³-hybridized carbons (Fsp3) is 0. The quantitative estimate of drug-likeness (QED) is 0.641. The Hall–Kier alpha value is -1.68. The minimum Gasteiger partial charge on any atom is -0.463 e. The fourth-order valence-electron chi connectivity index (χ4n) is 1.19. The summed E-state index contributed by atoms with van der Waals surface area (Å²) in [6.45, 7) is 0. The normalized spacial score (nSPS) is 12.4. The topological polar surface area (TPSA) is 52.6 Å². The van der Waals surface area contributed by atoms with Crippen LogP contribution in [-0.2, 0) is 0 Å². The van der Waals surface area contributed by atoms with Gasteiger partial charge in [0.25, 0.3) is 0 Å². The van der Waals surface area contributed by atoms with Crippen molar-refractivity contribution in [2.75, 3.05) is 0 Å². The van der Waals surface area contributed by atoms with E-state index in [4.69, 9.17) is 5.11 Å². The Balaban J connectivity index is 0.000000980. The summed E-state index contributed by atoms with van der Waals surface area (Å²) in [5.74, 6) is 0. The molecule has 2 N–H and O–H groups in total. The Bertz CT molecular complexity index is 458. The molecule has 1 aliphatic heterocycles. The molecule has 1 aromatic carbocycles. The number of halogens is 1. The van der Waals surface area contributed by atoms with Crippen LogP contribution in [0.4, 0.5) is 4.79 Å². The number of amides is 1. The average molecular weight is 213 g/mol. The summed E-state index contributed by atoms with van der Waals surface area (Å²) in [4.78, 5) is 10.6. The van der Waals surface area contributed by atoms with Crippen molar-refractivity contribution in [3.05, 3.63) is 34.7 Å². The summed E-state index contributed by atoms with van der Waals surface area (Å²) < 4.78 is 0. The summed E-state index contributed by atoms with van der Waals surface area (Å²) in [7, 11) is 0. The van der Waals surface area contributed by atoms with Crippen molar-refractivity contribution in [2.45, 2.75) is 0 Å². The summed E-state index contributed by atoms with van der Waals surface area (Å²) in [6.07, 6.45) is 2.17. The lowest BCUT2D eigenvalue weighted by atomic mass is 10.2. The Morgan fingerprint density at radius 2 is 1.93 bits per heavy atom. The first-order valence-corrected chi connectivity index (χ1v) is 3.83. The Morgan fingerprint density at radius 1 is 1.29 bits per heavy atom. The van der Waals surface area contributed by atoms with Gasteiger partial charge in [-0.3, -0.25) is 5.43 Å². The van der Waals surface area contributed by atoms with E-state index in [-0.39, 0.29) is 12.4 Å². The van der Waals surface area contributed by atoms with Crippen molar-refractivity contribution < 1.29 is 9.90 Å². The molecule has 0 radical (unpaired) electrons. The molecule has 0 atom stereocenters. The third kappa shape index (κ3) is 1.80. The third-order valence-corrected chi connectivity index (χ3v) is 1.83. The Labute approximate surface area is 86.5 Å². The van der Waals surface area contributed by atoms with Crippen molar-refractivity contribution in [1.29, 1.82) is 0 Å². The first kappa shape index (κ1) is 10.4. The molecule has 14 heavy (non-hydrogen) atoms. The Kier molecular flexibility index (Phi) is 2.99. The molecule has 0 bridgehead atoms. The van der Waals surface area contributed by atoms with E-state index < -0.39 is 6.09 Å². The van der Waals surface area contributed by atoms with Crippen molar-refractivity contribution in [3.63, 3.8) is 0 Å². The van der Waals surface area contributed by atoms with Crippen LogP contribution in [0.3, 0.4) is 0 Å². The van der Waals surface area contributed by atoms with Crippen LogP contribution in [0, 0.1) is 0 Å². The SMILES string of the molecule is Cl.O=C(O)N1C=c2ccccc2=CN1. The molecule has 2 rings (SSSR count). The highest BCUT2D eigenvalue weighted by Gasteiger charge is 2.07. The highest BCUT2D eigenvalue weighted by molar-refractivity contribution is 5.85. The van der Waals surface area contributed by atoms with E-state index in [0.29, 0.717) is 0 Å². The summed E-state index contributed by atoms with van der Waals surface area (Å²) in [5, 5.41) is 11.6. The second-order valence-electron chi connectivity index (χ2n) is 2.68. The number of rotatable bonds is 0. The van der Waals surface area contributed by atoms with E-state index in [1.165, 1.54) is 6.20 Å². The third-order valence-electron chi connectivity index (χ3n) is 1.83. The zero-order valence-corrected chi connectivity index (χ0v) is 7.99. The number of carboxylic acid groups (broad SMARTS) is 1. The molecule has 0 spiro atoms. The smallest absolute Gasteiger partial charge is 0.430 e. The van der Waals surface area contributed by atoms with Gasteiger partial charge in [0.15, 0.2) is 0 Å². The molecule has 0 aliphatic carbocycles. The minimum absolute atomic E-state index is 0. The first-order chi connectivity index (χ1) is 6.27. The molecule has 5 heteroatoms. The van der Waals surface area contributed by atoms with Crippen molar-refractivity contribution in [2.24, 2.45) is 0 Å². The monoisotopic (exact) mass is 212 g/mol. The van der Waals surface area contributed by atoms with Gasteiger partial charge in [0, 0.05) is 22.8 Å². The minimum atomic E-state index is -1.02. The van der Waals surface area contributed by atoms with Gasteiger partial charge in [0.2, 0.25) is 0 Å². The highest BCUT2D eigenvalue weighted by Crippen LogP contribution is 1.87. The van der Waals surface area contributed by atoms with E-state index in [1.54, 1.807) is 6.20 Å². The standard InChI is InChI=1S/C9H8N2O2.ClH/c12-9(13)11-6-8-4-2-1-3-7(8)5-10-11;/h1-6,10H,(H,12,13);1H. The summed E-state index contributed by atoms with van der Waals surface area (Å²) in [5.41, 5.74) is 2.63. The van der Waals surface area contributed by atoms with E-state index in [9.17, 15) is 4.79 Å². The molecule has 0 saturated heterocycles. The first-order valence-electron chi connectivity index (χ1n) is 3.83. The van der Waals surface area contributed by atoms with Crippen LogP contribution >= 0.6 is 12.4 Å². The highest BCUT2D eigenvalue weighted by atomic mass is 35.5. The average Bonchev–Trinajstić information content (AvgIpc) is 2.17. The molecule has 1 aliphatic rings. The van der Waals surface area contributed by atoms with Crippen LogP contribution < -0.4 is 15.9 Å². The molecule has 74 valence electrons. The van der Waals surface area contributed by atoms with Gasteiger partial charge in [-0.25, -0.2) is 4.79 Å². The maximum absolute atomic E-state index is 10.6. The second kappa shape index (κ2) is 4.02. The van der Waals surface area contributed by atoms with Gasteiger partial charge in [-0.1, -0.05) is 24.3 Å². The van der Waals surface area contributed by atoms with E-state index in [0.717, 1.165) is 15.4 Å². The van der Waals surface area contributed by atoms with Gasteiger partial charge in [-0.15, -0.1) is 12.4 Å². The van der Waals surface area contributed by atoms with Crippen LogP contribution in [0.1, 0.15) is 0 Å². The number of nitrogens with zero attached hydrogens (tertiary/aromatic N) is 1. The number of benzene rings is 1. The van der Waals surface area contributed by atoms with Gasteiger partial charge < -0.3 is 5.11 Å². The van der Waals surface area contributed by atoms with Crippen molar-refractivity contribution in [3.8, 4) is 0 Å². The van der Waals surface area contributed by atoms with Crippen LogP contribution in [0.25, 0.3) is 12.4 Å². The van der Waals surface area contributed by atoms with Crippen LogP contribution in [0.5, 0.6) is 0 Å². The number of carbonyl (C=O) groups is 1.